The highest BCUT2D eigenvalue weighted by Gasteiger charge is 2.13. The van der Waals surface area contributed by atoms with E-state index >= 15 is 0 Å². The van der Waals surface area contributed by atoms with Gasteiger partial charge < -0.3 is 5.32 Å². The van der Waals surface area contributed by atoms with Gasteiger partial charge in [0.25, 0.3) is 0 Å². The number of carbonyl (C=O) groups is 1. The van der Waals surface area contributed by atoms with Crippen LogP contribution in [0.5, 0.6) is 0 Å². The van der Waals surface area contributed by atoms with Crippen LogP contribution >= 0.6 is 15.9 Å². The molecule has 0 saturated heterocycles. The van der Waals surface area contributed by atoms with E-state index in [1.165, 1.54) is 0 Å². The first-order valence-corrected chi connectivity index (χ1v) is 6.42. The molecule has 3 nitrogen and oxygen atoms in total. The van der Waals surface area contributed by atoms with Crippen molar-refractivity contribution in [3.8, 4) is 0 Å². The Kier molecular flexibility index (Phi) is 3.74. The van der Waals surface area contributed by atoms with E-state index in [0.717, 1.165) is 23.0 Å². The van der Waals surface area contributed by atoms with Gasteiger partial charge in [-0.2, -0.15) is 0 Å². The van der Waals surface area contributed by atoms with E-state index in [0.29, 0.717) is 0 Å². The van der Waals surface area contributed by atoms with Gasteiger partial charge in [0, 0.05) is 11.6 Å². The molecule has 2 rings (SSSR count). The molecule has 1 heterocycles. The van der Waals surface area contributed by atoms with Crippen LogP contribution < -0.4 is 5.32 Å². The summed E-state index contributed by atoms with van der Waals surface area (Å²) in [4.78, 5) is 15.9. The van der Waals surface area contributed by atoms with Gasteiger partial charge in [-0.3, -0.25) is 9.78 Å². The Morgan fingerprint density at radius 1 is 1.41 bits per heavy atom. The molecule has 0 bridgehead atoms. The molecule has 0 spiro atoms. The summed E-state index contributed by atoms with van der Waals surface area (Å²) in [5.74, 6) is -0.0364. The van der Waals surface area contributed by atoms with Gasteiger partial charge >= 0.3 is 0 Å². The molecule has 88 valence electrons. The highest BCUT2D eigenvalue weighted by molar-refractivity contribution is 9.10. The van der Waals surface area contributed by atoms with E-state index in [-0.39, 0.29) is 10.7 Å². The molecule has 0 aliphatic carbocycles. The van der Waals surface area contributed by atoms with E-state index < -0.39 is 0 Å². The molecular formula is C13H13BrN2O. The smallest absolute Gasteiger partial charge is 0.238 e. The van der Waals surface area contributed by atoms with Crippen molar-refractivity contribution in [2.24, 2.45) is 0 Å². The Morgan fingerprint density at radius 3 is 2.94 bits per heavy atom. The standard InChI is InChI=1S/C13H13BrN2O/c1-2-10(14)13(17)16-11-7-3-5-9-6-4-8-15-12(9)11/h3-8,10H,2H2,1H3,(H,16,17). The Labute approximate surface area is 108 Å². The quantitative estimate of drug-likeness (QED) is 0.882. The second-order valence-electron chi connectivity index (χ2n) is 3.75. The van der Waals surface area contributed by atoms with Gasteiger partial charge in [-0.05, 0) is 18.6 Å². The number of aromatic nitrogens is 1. The summed E-state index contributed by atoms with van der Waals surface area (Å²) >= 11 is 3.33. The lowest BCUT2D eigenvalue weighted by molar-refractivity contribution is -0.115. The lowest BCUT2D eigenvalue weighted by atomic mass is 10.2. The van der Waals surface area contributed by atoms with Crippen LogP contribution in [0.1, 0.15) is 13.3 Å². The van der Waals surface area contributed by atoms with Crippen molar-refractivity contribution in [3.63, 3.8) is 0 Å². The van der Waals surface area contributed by atoms with Gasteiger partial charge in [-0.1, -0.05) is 41.1 Å². The largest absolute Gasteiger partial charge is 0.323 e. The summed E-state index contributed by atoms with van der Waals surface area (Å²) < 4.78 is 0. The topological polar surface area (TPSA) is 42.0 Å². The first-order valence-electron chi connectivity index (χ1n) is 5.51. The maximum Gasteiger partial charge on any atom is 0.238 e. The van der Waals surface area contributed by atoms with Crippen LogP contribution in [-0.4, -0.2) is 15.7 Å². The number of benzene rings is 1. The van der Waals surface area contributed by atoms with Crippen LogP contribution in [0.15, 0.2) is 36.5 Å². The lowest BCUT2D eigenvalue weighted by Crippen LogP contribution is -2.22. The molecule has 1 amide bonds. The second kappa shape index (κ2) is 5.27. The number of hydrogen-bond acceptors (Lipinski definition) is 2. The minimum absolute atomic E-state index is 0.0364. The number of fused-ring (bicyclic) bond motifs is 1. The first kappa shape index (κ1) is 12.0. The summed E-state index contributed by atoms with van der Waals surface area (Å²) in [6, 6.07) is 9.61. The average molecular weight is 293 g/mol. The fourth-order valence-electron chi connectivity index (χ4n) is 1.60. The van der Waals surface area contributed by atoms with Crippen LogP contribution in [0.25, 0.3) is 10.9 Å². The van der Waals surface area contributed by atoms with Gasteiger partial charge in [0.1, 0.15) is 0 Å². The number of carbonyl (C=O) groups excluding carboxylic acids is 1. The number of para-hydroxylation sites is 1. The highest BCUT2D eigenvalue weighted by Crippen LogP contribution is 2.21. The molecule has 0 saturated carbocycles. The van der Waals surface area contributed by atoms with Gasteiger partial charge in [-0.25, -0.2) is 0 Å². The predicted molar refractivity (Wildman–Crippen MR) is 73.4 cm³/mol. The summed E-state index contributed by atoms with van der Waals surface area (Å²) in [6.07, 6.45) is 2.48. The molecule has 4 heteroatoms. The number of halogens is 1. The Balaban J connectivity index is 2.33. The molecular weight excluding hydrogens is 280 g/mol. The van der Waals surface area contributed by atoms with Crippen LogP contribution in [-0.2, 0) is 4.79 Å². The molecule has 0 aliphatic heterocycles. The zero-order valence-electron chi connectivity index (χ0n) is 9.48. The van der Waals surface area contributed by atoms with Crippen molar-refractivity contribution < 1.29 is 4.79 Å². The Hall–Kier alpha value is -1.42. The predicted octanol–water partition coefficient (Wildman–Crippen LogP) is 3.35. The Morgan fingerprint density at radius 2 is 2.18 bits per heavy atom. The number of amides is 1. The van der Waals surface area contributed by atoms with Crippen LogP contribution in [0, 0.1) is 0 Å². The number of alkyl halides is 1. The van der Waals surface area contributed by atoms with E-state index in [1.807, 2.05) is 37.3 Å². The summed E-state index contributed by atoms with van der Waals surface area (Å²) in [7, 11) is 0. The van der Waals surface area contributed by atoms with Crippen molar-refractivity contribution in [1.29, 1.82) is 0 Å². The van der Waals surface area contributed by atoms with E-state index in [4.69, 9.17) is 0 Å². The maximum atomic E-state index is 11.8. The number of nitrogens with one attached hydrogen (secondary N) is 1. The molecule has 1 atom stereocenters. The van der Waals surface area contributed by atoms with Crippen LogP contribution in [0.4, 0.5) is 5.69 Å². The van der Waals surface area contributed by atoms with Crippen LogP contribution in [0.2, 0.25) is 0 Å². The van der Waals surface area contributed by atoms with Gasteiger partial charge in [-0.15, -0.1) is 0 Å². The molecule has 0 radical (unpaired) electrons. The SMILES string of the molecule is CCC(Br)C(=O)Nc1cccc2cccnc12. The molecule has 1 aromatic heterocycles. The number of rotatable bonds is 3. The fraction of sp³-hybridized carbons (Fsp3) is 0.231. The normalized spacial score (nSPS) is 12.4. The number of pyridine rings is 1. The third-order valence-corrected chi connectivity index (χ3v) is 3.60. The second-order valence-corrected chi connectivity index (χ2v) is 4.85. The van der Waals surface area contributed by atoms with Crippen molar-refractivity contribution >= 4 is 38.4 Å². The minimum atomic E-state index is -0.165. The zero-order chi connectivity index (χ0) is 12.3. The molecule has 1 aromatic carbocycles. The van der Waals surface area contributed by atoms with Gasteiger partial charge in [0.2, 0.25) is 5.91 Å². The monoisotopic (exact) mass is 292 g/mol. The minimum Gasteiger partial charge on any atom is -0.323 e. The zero-order valence-corrected chi connectivity index (χ0v) is 11.1. The number of nitrogens with zero attached hydrogens (tertiary/aromatic N) is 1. The maximum absolute atomic E-state index is 11.8. The molecule has 1 unspecified atom stereocenters. The van der Waals surface area contributed by atoms with Gasteiger partial charge in [0.05, 0.1) is 16.0 Å². The number of hydrogen-bond donors (Lipinski definition) is 1. The first-order chi connectivity index (χ1) is 8.22. The van der Waals surface area contributed by atoms with E-state index in [1.54, 1.807) is 6.20 Å². The number of anilines is 1. The highest BCUT2D eigenvalue weighted by atomic mass is 79.9. The summed E-state index contributed by atoms with van der Waals surface area (Å²) in [6.45, 7) is 1.96. The molecule has 0 fully saturated rings. The summed E-state index contributed by atoms with van der Waals surface area (Å²) in [5.41, 5.74) is 1.57. The third-order valence-electron chi connectivity index (χ3n) is 2.53. The average Bonchev–Trinajstić information content (AvgIpc) is 2.38. The molecule has 17 heavy (non-hydrogen) atoms. The van der Waals surface area contributed by atoms with Crippen molar-refractivity contribution in [1.82, 2.24) is 4.98 Å². The molecule has 1 N–H and O–H groups in total. The molecule has 2 aromatic rings. The fourth-order valence-corrected chi connectivity index (χ4v) is 1.72. The van der Waals surface area contributed by atoms with Crippen molar-refractivity contribution in [3.05, 3.63) is 36.5 Å². The Bertz CT molecular complexity index is 536. The third kappa shape index (κ3) is 2.64. The van der Waals surface area contributed by atoms with Crippen molar-refractivity contribution in [2.75, 3.05) is 5.32 Å². The van der Waals surface area contributed by atoms with Crippen LogP contribution in [0.3, 0.4) is 0 Å². The lowest BCUT2D eigenvalue weighted by Gasteiger charge is -2.10. The van der Waals surface area contributed by atoms with E-state index in [2.05, 4.69) is 26.2 Å². The van der Waals surface area contributed by atoms with E-state index in [9.17, 15) is 4.79 Å². The molecule has 0 aliphatic rings. The van der Waals surface area contributed by atoms with Gasteiger partial charge in [0.15, 0.2) is 0 Å². The summed E-state index contributed by atoms with van der Waals surface area (Å²) in [5, 5.41) is 3.91. The van der Waals surface area contributed by atoms with Crippen molar-refractivity contribution in [2.45, 2.75) is 18.2 Å².